The molecule has 0 radical (unpaired) electrons. The minimum atomic E-state index is -0.383. The molecule has 2 rings (SSSR count). The molecule has 0 spiro atoms. The monoisotopic (exact) mass is 375 g/mol. The number of amides is 1. The minimum absolute atomic E-state index is 0.0574. The fourth-order valence-electron chi connectivity index (χ4n) is 3.06. The molecule has 0 fully saturated rings. The number of hydrogen-bond acceptors (Lipinski definition) is 5. The molecule has 1 amide bonds. The van der Waals surface area contributed by atoms with Crippen molar-refractivity contribution in [3.8, 4) is 11.5 Å². The molecule has 1 aromatic carbocycles. The van der Waals surface area contributed by atoms with Crippen molar-refractivity contribution < 1.29 is 14.3 Å². The first kappa shape index (κ1) is 20.7. The fourth-order valence-corrected chi connectivity index (χ4v) is 3.06. The molecule has 0 bridgehead atoms. The second-order valence-electron chi connectivity index (χ2n) is 7.17. The number of ether oxygens (including phenoxy) is 2. The van der Waals surface area contributed by atoms with Crippen LogP contribution in [0, 0.1) is 5.92 Å². The number of rotatable bonds is 9. The van der Waals surface area contributed by atoms with Crippen LogP contribution in [0.5, 0.6) is 11.5 Å². The molecule has 1 aromatic heterocycles. The molecule has 1 heterocycles. The van der Waals surface area contributed by atoms with Crippen molar-refractivity contribution in [3.63, 3.8) is 0 Å². The lowest BCUT2D eigenvalue weighted by molar-refractivity contribution is -0.122. The fraction of sp³-hybridized carbons (Fsp3) is 0.550. The van der Waals surface area contributed by atoms with E-state index < -0.39 is 0 Å². The van der Waals surface area contributed by atoms with Gasteiger partial charge in [-0.1, -0.05) is 26.7 Å². The Morgan fingerprint density at radius 1 is 1.19 bits per heavy atom. The van der Waals surface area contributed by atoms with E-state index in [-0.39, 0.29) is 24.1 Å². The summed E-state index contributed by atoms with van der Waals surface area (Å²) in [5, 5.41) is 8.04. The molecule has 148 valence electrons. The van der Waals surface area contributed by atoms with Crippen molar-refractivity contribution >= 4 is 16.7 Å². The molecular formula is C20H29N3O4. The topological polar surface area (TPSA) is 82.5 Å². The van der Waals surface area contributed by atoms with E-state index in [0.717, 1.165) is 23.9 Å². The molecule has 0 saturated carbocycles. The van der Waals surface area contributed by atoms with E-state index in [1.54, 1.807) is 18.3 Å². The number of methoxy groups -OCH3 is 2. The van der Waals surface area contributed by atoms with E-state index >= 15 is 0 Å². The van der Waals surface area contributed by atoms with Crippen molar-refractivity contribution in [2.45, 2.75) is 52.6 Å². The Labute approximate surface area is 159 Å². The molecule has 1 atom stereocenters. The van der Waals surface area contributed by atoms with E-state index in [1.165, 1.54) is 14.2 Å². The molecule has 2 aromatic rings. The van der Waals surface area contributed by atoms with Gasteiger partial charge in [-0.05, 0) is 31.4 Å². The Kier molecular flexibility index (Phi) is 7.21. The van der Waals surface area contributed by atoms with Gasteiger partial charge in [-0.3, -0.25) is 9.59 Å². The van der Waals surface area contributed by atoms with Gasteiger partial charge in [-0.15, -0.1) is 0 Å². The molecular weight excluding hydrogens is 346 g/mol. The first-order valence-corrected chi connectivity index (χ1v) is 9.27. The number of carbonyl (C=O) groups is 1. The summed E-state index contributed by atoms with van der Waals surface area (Å²) in [4.78, 5) is 25.1. The lowest BCUT2D eigenvalue weighted by Crippen LogP contribution is -2.38. The number of fused-ring (bicyclic) bond motifs is 1. The van der Waals surface area contributed by atoms with Gasteiger partial charge in [-0.25, -0.2) is 4.68 Å². The van der Waals surface area contributed by atoms with Gasteiger partial charge in [0.1, 0.15) is 6.54 Å². The largest absolute Gasteiger partial charge is 0.493 e. The van der Waals surface area contributed by atoms with Gasteiger partial charge in [0, 0.05) is 11.4 Å². The normalized spacial score (nSPS) is 12.2. The van der Waals surface area contributed by atoms with Crippen molar-refractivity contribution in [1.82, 2.24) is 15.1 Å². The van der Waals surface area contributed by atoms with Gasteiger partial charge in [-0.2, -0.15) is 5.10 Å². The molecule has 0 aliphatic heterocycles. The van der Waals surface area contributed by atoms with Crippen molar-refractivity contribution in [3.05, 3.63) is 28.7 Å². The third kappa shape index (κ3) is 5.21. The summed E-state index contributed by atoms with van der Waals surface area (Å²) < 4.78 is 11.8. The number of aromatic nitrogens is 2. The van der Waals surface area contributed by atoms with Gasteiger partial charge >= 0.3 is 0 Å². The summed E-state index contributed by atoms with van der Waals surface area (Å²) in [7, 11) is 2.99. The predicted octanol–water partition coefficient (Wildman–Crippen LogP) is 2.74. The Hall–Kier alpha value is -2.57. The van der Waals surface area contributed by atoms with Crippen LogP contribution in [0.2, 0.25) is 0 Å². The zero-order valence-corrected chi connectivity index (χ0v) is 16.7. The molecule has 7 nitrogen and oxygen atoms in total. The molecule has 0 aliphatic rings. The Balaban J connectivity index is 2.16. The number of benzene rings is 1. The molecule has 27 heavy (non-hydrogen) atoms. The maximum Gasteiger partial charge on any atom is 0.279 e. The summed E-state index contributed by atoms with van der Waals surface area (Å²) in [6, 6.07) is 3.52. The standard InChI is InChI=1S/C20H29N3O4/c1-13(2)7-6-8-14(3)22-17(24)12-23-20(25)18-15(11-21-23)9-10-16(26-4)19(18)27-5/h9-11,13-14H,6-8,12H2,1-5H3,(H,22,24)/t14-/m1/s1. The third-order valence-corrected chi connectivity index (χ3v) is 4.48. The van der Waals surface area contributed by atoms with Crippen molar-refractivity contribution in [2.75, 3.05) is 14.2 Å². The molecule has 1 N–H and O–H groups in total. The van der Waals surface area contributed by atoms with Crippen LogP contribution in [0.3, 0.4) is 0 Å². The van der Waals surface area contributed by atoms with E-state index in [0.29, 0.717) is 28.2 Å². The van der Waals surface area contributed by atoms with Crippen LogP contribution in [-0.2, 0) is 11.3 Å². The quantitative estimate of drug-likeness (QED) is 0.729. The van der Waals surface area contributed by atoms with Crippen LogP contribution >= 0.6 is 0 Å². The SMILES string of the molecule is COc1ccc2cnn(CC(=O)N[C@H](C)CCCC(C)C)c(=O)c2c1OC. The Bertz CT molecular complexity index is 845. The molecule has 0 aliphatic carbocycles. The molecule has 0 saturated heterocycles. The molecule has 0 unspecified atom stereocenters. The van der Waals surface area contributed by atoms with Crippen molar-refractivity contribution in [2.24, 2.45) is 5.92 Å². The predicted molar refractivity (Wildman–Crippen MR) is 105 cm³/mol. The number of nitrogens with one attached hydrogen (secondary N) is 1. The Morgan fingerprint density at radius 3 is 2.56 bits per heavy atom. The maximum absolute atomic E-state index is 12.8. The number of hydrogen-bond donors (Lipinski definition) is 1. The highest BCUT2D eigenvalue weighted by atomic mass is 16.5. The highest BCUT2D eigenvalue weighted by molar-refractivity contribution is 5.89. The van der Waals surface area contributed by atoms with Gasteiger partial charge in [0.2, 0.25) is 5.91 Å². The van der Waals surface area contributed by atoms with Gasteiger partial charge in [0.15, 0.2) is 11.5 Å². The van der Waals surface area contributed by atoms with Gasteiger partial charge in [0.25, 0.3) is 5.56 Å². The van der Waals surface area contributed by atoms with Crippen LogP contribution in [0.15, 0.2) is 23.1 Å². The smallest absolute Gasteiger partial charge is 0.279 e. The highest BCUT2D eigenvalue weighted by Crippen LogP contribution is 2.32. The zero-order chi connectivity index (χ0) is 20.0. The highest BCUT2D eigenvalue weighted by Gasteiger charge is 2.16. The van der Waals surface area contributed by atoms with Crippen LogP contribution in [0.25, 0.3) is 10.8 Å². The summed E-state index contributed by atoms with van der Waals surface area (Å²) >= 11 is 0. The van der Waals surface area contributed by atoms with Crippen LogP contribution in [0.1, 0.15) is 40.0 Å². The van der Waals surface area contributed by atoms with Crippen LogP contribution in [-0.4, -0.2) is 35.9 Å². The minimum Gasteiger partial charge on any atom is -0.493 e. The first-order valence-electron chi connectivity index (χ1n) is 9.27. The maximum atomic E-state index is 12.8. The second-order valence-corrected chi connectivity index (χ2v) is 7.17. The lowest BCUT2D eigenvalue weighted by Gasteiger charge is -2.15. The lowest BCUT2D eigenvalue weighted by atomic mass is 10.0. The van der Waals surface area contributed by atoms with Crippen LogP contribution < -0.4 is 20.3 Å². The summed E-state index contributed by atoms with van der Waals surface area (Å²) in [6.45, 7) is 6.21. The van der Waals surface area contributed by atoms with E-state index in [9.17, 15) is 9.59 Å². The summed E-state index contributed by atoms with van der Waals surface area (Å²) in [5.41, 5.74) is -0.383. The van der Waals surface area contributed by atoms with E-state index in [4.69, 9.17) is 9.47 Å². The Morgan fingerprint density at radius 2 is 1.93 bits per heavy atom. The average Bonchev–Trinajstić information content (AvgIpc) is 2.62. The average molecular weight is 375 g/mol. The van der Waals surface area contributed by atoms with Gasteiger partial charge < -0.3 is 14.8 Å². The summed E-state index contributed by atoms with van der Waals surface area (Å²) in [6.07, 6.45) is 4.66. The third-order valence-electron chi connectivity index (χ3n) is 4.48. The second kappa shape index (κ2) is 9.39. The van der Waals surface area contributed by atoms with Gasteiger partial charge in [0.05, 0.1) is 25.8 Å². The first-order chi connectivity index (χ1) is 12.9. The van der Waals surface area contributed by atoms with E-state index in [1.807, 2.05) is 6.92 Å². The number of nitrogens with zero attached hydrogens (tertiary/aromatic N) is 2. The molecule has 7 heteroatoms. The van der Waals surface area contributed by atoms with E-state index in [2.05, 4.69) is 24.3 Å². The zero-order valence-electron chi connectivity index (χ0n) is 16.7. The van der Waals surface area contributed by atoms with Crippen molar-refractivity contribution in [1.29, 1.82) is 0 Å². The summed E-state index contributed by atoms with van der Waals surface area (Å²) in [5.74, 6) is 1.23. The number of carbonyl (C=O) groups excluding carboxylic acids is 1. The van der Waals surface area contributed by atoms with Crippen LogP contribution in [0.4, 0.5) is 0 Å².